The van der Waals surface area contributed by atoms with E-state index in [0.717, 1.165) is 5.33 Å². The number of halogens is 2. The van der Waals surface area contributed by atoms with Crippen LogP contribution in [0.1, 0.15) is 16.7 Å². The maximum atomic E-state index is 3.53. The molecule has 4 aromatic carbocycles. The van der Waals surface area contributed by atoms with Crippen molar-refractivity contribution in [3.8, 4) is 0 Å². The van der Waals surface area contributed by atoms with Crippen LogP contribution in [0.3, 0.4) is 0 Å². The molecule has 0 atom stereocenters. The van der Waals surface area contributed by atoms with Crippen LogP contribution in [0, 0.1) is 13.8 Å². The lowest BCUT2D eigenvalue weighted by Gasteiger charge is -2.05. The molecule has 0 fully saturated rings. The monoisotopic (exact) mass is 454 g/mol. The van der Waals surface area contributed by atoms with Crippen molar-refractivity contribution < 1.29 is 0 Å². The minimum Gasteiger partial charge on any atom is -0.0876 e. The number of fused-ring (bicyclic) bond motifs is 2. The zero-order chi connectivity index (χ0) is 17.8. The summed E-state index contributed by atoms with van der Waals surface area (Å²) < 4.78 is 1.17. The van der Waals surface area contributed by atoms with Gasteiger partial charge in [-0.05, 0) is 58.1 Å². The molecule has 0 saturated heterocycles. The van der Waals surface area contributed by atoms with Gasteiger partial charge < -0.3 is 0 Å². The first-order chi connectivity index (χ1) is 12.1. The minimum atomic E-state index is 0.924. The van der Waals surface area contributed by atoms with E-state index >= 15 is 0 Å². The zero-order valence-electron chi connectivity index (χ0n) is 14.4. The molecule has 0 amide bonds. The number of benzene rings is 4. The van der Waals surface area contributed by atoms with Crippen LogP contribution in [0.25, 0.3) is 21.5 Å². The summed E-state index contributed by atoms with van der Waals surface area (Å²) in [7, 11) is 0. The highest BCUT2D eigenvalue weighted by Crippen LogP contribution is 2.25. The highest BCUT2D eigenvalue weighted by atomic mass is 79.9. The molecule has 0 aliphatic rings. The molecule has 0 nitrogen and oxygen atoms in total. The largest absolute Gasteiger partial charge is 0.0876 e. The molecule has 4 rings (SSSR count). The Morgan fingerprint density at radius 1 is 0.600 bits per heavy atom. The summed E-state index contributed by atoms with van der Waals surface area (Å²) >= 11 is 7.03. The van der Waals surface area contributed by atoms with E-state index in [0.29, 0.717) is 0 Å². The van der Waals surface area contributed by atoms with Gasteiger partial charge in [-0.15, -0.1) is 0 Å². The van der Waals surface area contributed by atoms with Crippen molar-refractivity contribution in [2.24, 2.45) is 0 Å². The van der Waals surface area contributed by atoms with Gasteiger partial charge in [-0.25, -0.2) is 0 Å². The Morgan fingerprint density at radius 2 is 1.08 bits per heavy atom. The second-order valence-electron chi connectivity index (χ2n) is 6.13. The molecule has 0 aliphatic heterocycles. The van der Waals surface area contributed by atoms with Crippen LogP contribution < -0.4 is 0 Å². The van der Waals surface area contributed by atoms with Crippen LogP contribution in [-0.2, 0) is 5.33 Å². The summed E-state index contributed by atoms with van der Waals surface area (Å²) in [5.41, 5.74) is 4.04. The maximum absolute atomic E-state index is 3.53. The van der Waals surface area contributed by atoms with Crippen molar-refractivity contribution in [2.75, 3.05) is 0 Å². The third kappa shape index (κ3) is 3.96. The predicted molar refractivity (Wildman–Crippen MR) is 118 cm³/mol. The van der Waals surface area contributed by atoms with Gasteiger partial charge in [-0.3, -0.25) is 0 Å². The van der Waals surface area contributed by atoms with E-state index in [1.54, 1.807) is 0 Å². The van der Waals surface area contributed by atoms with Crippen LogP contribution in [-0.4, -0.2) is 0 Å². The van der Waals surface area contributed by atoms with Gasteiger partial charge in [0.05, 0.1) is 0 Å². The molecule has 0 spiro atoms. The van der Waals surface area contributed by atoms with Crippen LogP contribution in [0.15, 0.2) is 77.3 Å². The number of hydrogen-bond donors (Lipinski definition) is 0. The van der Waals surface area contributed by atoms with E-state index in [4.69, 9.17) is 0 Å². The third-order valence-corrected chi connectivity index (χ3v) is 5.76. The third-order valence-electron chi connectivity index (χ3n) is 4.46. The lowest BCUT2D eigenvalue weighted by Crippen LogP contribution is -1.83. The molecule has 2 heteroatoms. The first-order valence-corrected chi connectivity index (χ1v) is 10.2. The first kappa shape index (κ1) is 18.2. The summed E-state index contributed by atoms with van der Waals surface area (Å²) in [4.78, 5) is 0. The summed E-state index contributed by atoms with van der Waals surface area (Å²) in [6, 6.07) is 25.5. The van der Waals surface area contributed by atoms with E-state index in [1.165, 1.54) is 42.7 Å². The number of hydrogen-bond acceptors (Lipinski definition) is 0. The van der Waals surface area contributed by atoms with E-state index in [2.05, 4.69) is 119 Å². The van der Waals surface area contributed by atoms with E-state index < -0.39 is 0 Å². The second kappa shape index (κ2) is 8.16. The molecule has 0 heterocycles. The fourth-order valence-electron chi connectivity index (χ4n) is 3.08. The molecule has 0 unspecified atom stereocenters. The van der Waals surface area contributed by atoms with Crippen molar-refractivity contribution in [1.82, 2.24) is 0 Å². The normalized spacial score (nSPS) is 10.6. The van der Waals surface area contributed by atoms with Gasteiger partial charge in [-0.2, -0.15) is 0 Å². The maximum Gasteiger partial charge on any atom is 0.0289 e. The second-order valence-corrected chi connectivity index (χ2v) is 7.55. The molecule has 0 bridgehead atoms. The van der Waals surface area contributed by atoms with E-state index in [1.807, 2.05) is 0 Å². The molecule has 0 saturated carbocycles. The Balaban J connectivity index is 0.000000146. The summed E-state index contributed by atoms with van der Waals surface area (Å²) in [6.45, 7) is 4.29. The van der Waals surface area contributed by atoms with Crippen molar-refractivity contribution in [1.29, 1.82) is 0 Å². The zero-order valence-corrected chi connectivity index (χ0v) is 17.6. The molecule has 0 aliphatic carbocycles. The van der Waals surface area contributed by atoms with Gasteiger partial charge in [0, 0.05) is 9.80 Å². The SMILES string of the molecule is Cc1cccc2c(Br)cccc12.Cc1cccc2c(CBr)cccc12. The van der Waals surface area contributed by atoms with Gasteiger partial charge in [0.15, 0.2) is 0 Å². The van der Waals surface area contributed by atoms with E-state index in [-0.39, 0.29) is 0 Å². The lowest BCUT2D eigenvalue weighted by atomic mass is 10.0. The van der Waals surface area contributed by atoms with Crippen LogP contribution >= 0.6 is 31.9 Å². The topological polar surface area (TPSA) is 0 Å². The molecule has 0 N–H and O–H groups in total. The van der Waals surface area contributed by atoms with Crippen molar-refractivity contribution in [3.63, 3.8) is 0 Å². The van der Waals surface area contributed by atoms with Gasteiger partial charge >= 0.3 is 0 Å². The smallest absolute Gasteiger partial charge is 0.0289 e. The standard InChI is InChI=1S/C12H11Br.C11H9Br/c1-9-4-2-7-12-10(8-13)5-3-6-11(9)12;1-8-4-2-6-10-9(8)5-3-7-11(10)12/h2-7H,8H2,1H3;2-7H,1H3. The van der Waals surface area contributed by atoms with E-state index in [9.17, 15) is 0 Å². The van der Waals surface area contributed by atoms with Crippen LogP contribution in [0.2, 0.25) is 0 Å². The summed E-state index contributed by atoms with van der Waals surface area (Å²) in [5, 5.41) is 6.26. The molecule has 126 valence electrons. The molecular formula is C23H20Br2. The lowest BCUT2D eigenvalue weighted by molar-refractivity contribution is 1.46. The fourth-order valence-corrected chi connectivity index (χ4v) is 4.06. The van der Waals surface area contributed by atoms with Crippen molar-refractivity contribution in [3.05, 3.63) is 94.0 Å². The highest BCUT2D eigenvalue weighted by Gasteiger charge is 2.00. The first-order valence-electron chi connectivity index (χ1n) is 8.29. The number of aryl methyl sites for hydroxylation is 2. The molecule has 0 aromatic heterocycles. The Hall–Kier alpha value is -1.64. The molecule has 0 radical (unpaired) electrons. The molecule has 4 aromatic rings. The number of rotatable bonds is 1. The molecular weight excluding hydrogens is 436 g/mol. The average molecular weight is 456 g/mol. The van der Waals surface area contributed by atoms with Gasteiger partial charge in [0.1, 0.15) is 0 Å². The Kier molecular flexibility index (Phi) is 5.93. The summed E-state index contributed by atoms with van der Waals surface area (Å²) in [5.74, 6) is 0. The Morgan fingerprint density at radius 3 is 1.68 bits per heavy atom. The van der Waals surface area contributed by atoms with Crippen LogP contribution in [0.5, 0.6) is 0 Å². The predicted octanol–water partition coefficient (Wildman–Crippen LogP) is 7.95. The van der Waals surface area contributed by atoms with Crippen LogP contribution in [0.4, 0.5) is 0 Å². The average Bonchev–Trinajstić information content (AvgIpc) is 2.63. The molecule has 25 heavy (non-hydrogen) atoms. The Labute approximate surface area is 166 Å². The quantitative estimate of drug-likeness (QED) is 0.255. The summed E-state index contributed by atoms with van der Waals surface area (Å²) in [6.07, 6.45) is 0. The van der Waals surface area contributed by atoms with Gasteiger partial charge in [-0.1, -0.05) is 98.6 Å². The van der Waals surface area contributed by atoms with Crippen molar-refractivity contribution in [2.45, 2.75) is 19.2 Å². The van der Waals surface area contributed by atoms with Crippen molar-refractivity contribution >= 4 is 53.4 Å². The van der Waals surface area contributed by atoms with Gasteiger partial charge in [0.25, 0.3) is 0 Å². The minimum absolute atomic E-state index is 0.924. The fraction of sp³-hybridized carbons (Fsp3) is 0.130. The highest BCUT2D eigenvalue weighted by molar-refractivity contribution is 9.10. The Bertz CT molecular complexity index is 978. The number of alkyl halides is 1. The van der Waals surface area contributed by atoms with Gasteiger partial charge in [0.2, 0.25) is 0 Å².